The van der Waals surface area contributed by atoms with Gasteiger partial charge in [0.25, 0.3) is 0 Å². The van der Waals surface area contributed by atoms with E-state index in [9.17, 15) is 9.36 Å². The lowest BCUT2D eigenvalue weighted by Crippen LogP contribution is -1.97. The van der Waals surface area contributed by atoms with Crippen LogP contribution < -0.4 is 0 Å². The van der Waals surface area contributed by atoms with E-state index < -0.39 is 13.8 Å². The van der Waals surface area contributed by atoms with Gasteiger partial charge in [0.15, 0.2) is 0 Å². The SMILES string of the molecule is COP(=O)(OC)OCCCCCCCCCCCCCCCC(=O)O. The molecule has 0 spiro atoms. The van der Waals surface area contributed by atoms with E-state index in [0.717, 1.165) is 32.1 Å². The zero-order chi connectivity index (χ0) is 18.8. The lowest BCUT2D eigenvalue weighted by molar-refractivity contribution is -0.137. The summed E-state index contributed by atoms with van der Waals surface area (Å²) in [6, 6.07) is 0. The maximum absolute atomic E-state index is 11.6. The molecule has 0 aromatic rings. The minimum absolute atomic E-state index is 0.310. The van der Waals surface area contributed by atoms with Crippen LogP contribution in [0.5, 0.6) is 0 Å². The van der Waals surface area contributed by atoms with Crippen LogP contribution in [0.15, 0.2) is 0 Å². The van der Waals surface area contributed by atoms with Crippen molar-refractivity contribution in [3.8, 4) is 0 Å². The lowest BCUT2D eigenvalue weighted by atomic mass is 10.0. The molecule has 0 aliphatic rings. The zero-order valence-corrected chi connectivity index (χ0v) is 16.9. The Kier molecular flexibility index (Phi) is 16.7. The monoisotopic (exact) mass is 380 g/mol. The molecule has 0 aromatic carbocycles. The van der Waals surface area contributed by atoms with Gasteiger partial charge in [-0.25, -0.2) is 4.57 Å². The predicted molar refractivity (Wildman–Crippen MR) is 99.9 cm³/mol. The van der Waals surface area contributed by atoms with Crippen LogP contribution in [0.3, 0.4) is 0 Å². The quantitative estimate of drug-likeness (QED) is 0.220. The number of carboxylic acids is 1. The third-order valence-corrected chi connectivity index (χ3v) is 5.62. The van der Waals surface area contributed by atoms with Gasteiger partial charge >= 0.3 is 13.8 Å². The second-order valence-corrected chi connectivity index (χ2v) is 8.27. The summed E-state index contributed by atoms with van der Waals surface area (Å²) >= 11 is 0. The zero-order valence-electron chi connectivity index (χ0n) is 16.0. The van der Waals surface area contributed by atoms with Crippen molar-refractivity contribution in [1.29, 1.82) is 0 Å². The van der Waals surface area contributed by atoms with Gasteiger partial charge < -0.3 is 5.11 Å². The Labute approximate surface area is 153 Å². The van der Waals surface area contributed by atoms with Crippen molar-refractivity contribution >= 4 is 13.8 Å². The van der Waals surface area contributed by atoms with Gasteiger partial charge in [0.1, 0.15) is 0 Å². The van der Waals surface area contributed by atoms with Gasteiger partial charge in [0, 0.05) is 20.6 Å². The molecule has 0 saturated heterocycles. The second-order valence-electron chi connectivity index (χ2n) is 6.39. The number of phosphoric acid groups is 1. The minimum atomic E-state index is -3.30. The van der Waals surface area contributed by atoms with E-state index in [1.165, 1.54) is 65.6 Å². The highest BCUT2D eigenvalue weighted by Gasteiger charge is 2.21. The fourth-order valence-corrected chi connectivity index (χ4v) is 3.39. The first-order valence-electron chi connectivity index (χ1n) is 9.62. The highest BCUT2D eigenvalue weighted by Crippen LogP contribution is 2.47. The second kappa shape index (κ2) is 17.0. The van der Waals surface area contributed by atoms with Crippen molar-refractivity contribution < 1.29 is 28.0 Å². The molecule has 0 radical (unpaired) electrons. The Morgan fingerprint density at radius 3 is 1.44 bits per heavy atom. The largest absolute Gasteiger partial charge is 0.481 e. The van der Waals surface area contributed by atoms with E-state index in [4.69, 9.17) is 18.7 Å². The predicted octanol–water partition coefficient (Wildman–Crippen LogP) is 5.95. The average molecular weight is 380 g/mol. The number of carbonyl (C=O) groups is 1. The molecule has 0 amide bonds. The summed E-state index contributed by atoms with van der Waals surface area (Å²) < 4.78 is 26.2. The number of rotatable bonds is 19. The standard InChI is InChI=1S/C18H37O6P/c1-22-25(21,23-2)24-17-15-13-11-9-7-5-3-4-6-8-10-12-14-16-18(19)20/h3-17H2,1-2H3,(H,19,20). The van der Waals surface area contributed by atoms with Crippen LogP contribution in [0.4, 0.5) is 0 Å². The highest BCUT2D eigenvalue weighted by atomic mass is 31.2. The first kappa shape index (κ1) is 24.6. The maximum Gasteiger partial charge on any atom is 0.474 e. The first-order valence-corrected chi connectivity index (χ1v) is 11.1. The van der Waals surface area contributed by atoms with Crippen molar-refractivity contribution in [1.82, 2.24) is 0 Å². The Hall–Kier alpha value is -0.420. The Morgan fingerprint density at radius 2 is 1.08 bits per heavy atom. The summed E-state index contributed by atoms with van der Waals surface area (Å²) in [5.74, 6) is -0.683. The van der Waals surface area contributed by atoms with E-state index in [1.807, 2.05) is 0 Å². The van der Waals surface area contributed by atoms with Crippen molar-refractivity contribution in [3.05, 3.63) is 0 Å². The molecule has 6 nitrogen and oxygen atoms in total. The lowest BCUT2D eigenvalue weighted by Gasteiger charge is -2.12. The number of unbranched alkanes of at least 4 members (excludes halogenated alkanes) is 12. The van der Waals surface area contributed by atoms with Crippen LogP contribution in [-0.2, 0) is 22.9 Å². The molecular formula is C18H37O6P. The minimum Gasteiger partial charge on any atom is -0.481 e. The number of hydrogen-bond donors (Lipinski definition) is 1. The molecule has 0 bridgehead atoms. The summed E-state index contributed by atoms with van der Waals surface area (Å²) in [5.41, 5.74) is 0. The summed E-state index contributed by atoms with van der Waals surface area (Å²) in [4.78, 5) is 10.4. The molecule has 0 aliphatic heterocycles. The van der Waals surface area contributed by atoms with E-state index in [1.54, 1.807) is 0 Å². The fourth-order valence-electron chi connectivity index (χ4n) is 2.68. The molecule has 0 aliphatic carbocycles. The number of aliphatic carboxylic acids is 1. The smallest absolute Gasteiger partial charge is 0.474 e. The third kappa shape index (κ3) is 16.8. The third-order valence-electron chi connectivity index (χ3n) is 4.23. The molecule has 0 aromatic heterocycles. The molecule has 0 rings (SSSR count). The number of carboxylic acid groups (broad SMARTS) is 1. The molecule has 150 valence electrons. The van der Waals surface area contributed by atoms with Gasteiger partial charge in [-0.3, -0.25) is 18.4 Å². The molecule has 0 saturated carbocycles. The van der Waals surface area contributed by atoms with Crippen LogP contribution in [0.1, 0.15) is 89.9 Å². The Bertz CT molecular complexity index is 353. The summed E-state index contributed by atoms with van der Waals surface area (Å²) in [7, 11) is -0.652. The van der Waals surface area contributed by atoms with Crippen LogP contribution in [-0.4, -0.2) is 31.9 Å². The molecule has 0 fully saturated rings. The van der Waals surface area contributed by atoms with Gasteiger partial charge in [0.05, 0.1) is 6.61 Å². The van der Waals surface area contributed by atoms with Crippen LogP contribution in [0.25, 0.3) is 0 Å². The fraction of sp³-hybridized carbons (Fsp3) is 0.944. The molecule has 0 heterocycles. The van der Waals surface area contributed by atoms with Crippen molar-refractivity contribution in [2.24, 2.45) is 0 Å². The van der Waals surface area contributed by atoms with Crippen LogP contribution in [0.2, 0.25) is 0 Å². The maximum atomic E-state index is 11.6. The van der Waals surface area contributed by atoms with Crippen molar-refractivity contribution in [2.75, 3.05) is 20.8 Å². The van der Waals surface area contributed by atoms with Gasteiger partial charge in [-0.05, 0) is 12.8 Å². The van der Waals surface area contributed by atoms with Gasteiger partial charge in [-0.15, -0.1) is 0 Å². The van der Waals surface area contributed by atoms with Crippen molar-refractivity contribution in [3.63, 3.8) is 0 Å². The average Bonchev–Trinajstić information content (AvgIpc) is 2.60. The summed E-state index contributed by atoms with van der Waals surface area (Å²) in [5, 5.41) is 8.54. The molecule has 0 unspecified atom stereocenters. The van der Waals surface area contributed by atoms with Crippen LogP contribution in [0, 0.1) is 0 Å². The number of phosphoric ester groups is 1. The van der Waals surface area contributed by atoms with Crippen molar-refractivity contribution in [2.45, 2.75) is 89.9 Å². The van der Waals surface area contributed by atoms with Crippen LogP contribution >= 0.6 is 7.82 Å². The van der Waals surface area contributed by atoms with E-state index in [-0.39, 0.29) is 0 Å². The highest BCUT2D eigenvalue weighted by molar-refractivity contribution is 7.48. The molecule has 1 N–H and O–H groups in total. The van der Waals surface area contributed by atoms with E-state index >= 15 is 0 Å². The molecular weight excluding hydrogens is 343 g/mol. The molecule has 25 heavy (non-hydrogen) atoms. The van der Waals surface area contributed by atoms with E-state index in [2.05, 4.69) is 0 Å². The van der Waals surface area contributed by atoms with Gasteiger partial charge in [-0.1, -0.05) is 70.6 Å². The molecule has 0 atom stereocenters. The first-order chi connectivity index (χ1) is 12.0. The summed E-state index contributed by atoms with van der Waals surface area (Å²) in [6.45, 7) is 0.408. The van der Waals surface area contributed by atoms with Gasteiger partial charge in [-0.2, -0.15) is 0 Å². The Balaban J connectivity index is 3.17. The normalized spacial score (nSPS) is 11.8. The van der Waals surface area contributed by atoms with Gasteiger partial charge in [0.2, 0.25) is 0 Å². The topological polar surface area (TPSA) is 82.1 Å². The summed E-state index contributed by atoms with van der Waals surface area (Å²) in [6.07, 6.45) is 15.3. The molecule has 7 heteroatoms. The van der Waals surface area contributed by atoms with E-state index in [0.29, 0.717) is 13.0 Å². The Morgan fingerprint density at radius 1 is 0.720 bits per heavy atom. The number of hydrogen-bond acceptors (Lipinski definition) is 5.